The molecule has 1 saturated heterocycles. The number of rotatable bonds is 21. The van der Waals surface area contributed by atoms with Gasteiger partial charge in [-0.15, -0.1) is 0 Å². The largest absolute Gasteiger partial charge is 0.490 e. The lowest BCUT2D eigenvalue weighted by Gasteiger charge is -2.43. The van der Waals surface area contributed by atoms with Crippen molar-refractivity contribution in [2.45, 2.75) is 117 Å². The molecule has 9 rings (SSSR count). The number of amides is 1. The Bertz CT molecular complexity index is 3670. The Balaban J connectivity index is 0.859. The smallest absolute Gasteiger partial charge is 0.478 e. The number of carbonyl (C=O) groups excluding carboxylic acids is 1. The second kappa shape index (κ2) is 22.4. The number of nitrogens with zero attached hydrogens (tertiary/aromatic N) is 6. The van der Waals surface area contributed by atoms with Crippen molar-refractivity contribution in [3.8, 4) is 11.5 Å². The number of aromatic nitrogens is 4. The molecule has 1 fully saturated rings. The molecule has 0 aliphatic carbocycles. The van der Waals surface area contributed by atoms with Crippen LogP contribution in [0.25, 0.3) is 27.9 Å². The molecule has 4 aliphatic heterocycles. The van der Waals surface area contributed by atoms with Crippen molar-refractivity contribution in [1.29, 1.82) is 0 Å². The quantitative estimate of drug-likeness (QED) is 0.0204. The van der Waals surface area contributed by atoms with Gasteiger partial charge in [0.2, 0.25) is 5.36 Å². The van der Waals surface area contributed by atoms with E-state index in [1.54, 1.807) is 12.1 Å². The monoisotopic (exact) mass is 1160 g/mol. The highest BCUT2D eigenvalue weighted by Crippen LogP contribution is 2.66. The molecular formula is C53H66N8O16P3+. The van der Waals surface area contributed by atoms with Crippen LogP contribution >= 0.6 is 23.5 Å². The lowest BCUT2D eigenvalue weighted by molar-refractivity contribution is -0.0423. The maximum Gasteiger partial charge on any atom is 0.490 e. The fraction of sp³-hybridized carbons (Fsp3) is 0.434. The molecule has 5 atom stereocenters. The summed E-state index contributed by atoms with van der Waals surface area (Å²) in [5.41, 5.74) is 7.62. The third-order valence-corrected chi connectivity index (χ3v) is 18.5. The number of phosphoric ester groups is 1. The van der Waals surface area contributed by atoms with Gasteiger partial charge < -0.3 is 54.8 Å². The molecule has 1 amide bonds. The molecule has 0 radical (unpaired) electrons. The lowest BCUT2D eigenvalue weighted by Crippen LogP contribution is -2.49. The Hall–Kier alpha value is -5.97. The van der Waals surface area contributed by atoms with Gasteiger partial charge in [-0.25, -0.2) is 38.0 Å². The lowest BCUT2D eigenvalue weighted by atomic mass is 9.83. The summed E-state index contributed by atoms with van der Waals surface area (Å²) in [5, 5.41) is 29.5. The highest BCUT2D eigenvalue weighted by molar-refractivity contribution is 7.66. The first kappa shape index (κ1) is 58.7. The Kier molecular flexibility index (Phi) is 16.4. The molecule has 6 heterocycles. The van der Waals surface area contributed by atoms with E-state index < -0.39 is 54.5 Å². The van der Waals surface area contributed by atoms with Gasteiger partial charge >= 0.3 is 29.4 Å². The molecule has 24 nitrogen and oxygen atoms in total. The number of benzene rings is 3. The first-order valence-electron chi connectivity index (χ1n) is 26.2. The van der Waals surface area contributed by atoms with E-state index in [0.29, 0.717) is 64.7 Å². The minimum Gasteiger partial charge on any atom is -0.478 e. The van der Waals surface area contributed by atoms with Crippen molar-refractivity contribution in [3.05, 3.63) is 111 Å². The molecule has 27 heteroatoms. The summed E-state index contributed by atoms with van der Waals surface area (Å²) in [6.45, 7) is 18.8. The number of unbranched alkanes of at least 4 members (excludes halogenated alkanes) is 3. The van der Waals surface area contributed by atoms with Gasteiger partial charge in [0.25, 0.3) is 5.91 Å². The summed E-state index contributed by atoms with van der Waals surface area (Å²) in [5.74, 6) is 0.161. The predicted molar refractivity (Wildman–Crippen MR) is 296 cm³/mol. The molecule has 8 N–H and O–H groups in total. The molecule has 5 aromatic rings. The molecule has 80 heavy (non-hydrogen) atoms. The van der Waals surface area contributed by atoms with Crippen molar-refractivity contribution in [1.82, 2.24) is 29.4 Å². The number of phosphoric acid groups is 3. The van der Waals surface area contributed by atoms with Gasteiger partial charge in [-0.2, -0.15) is 8.62 Å². The van der Waals surface area contributed by atoms with Crippen molar-refractivity contribution in [3.63, 3.8) is 0 Å². The van der Waals surface area contributed by atoms with E-state index in [2.05, 4.69) is 140 Å². The molecule has 3 aromatic carbocycles. The van der Waals surface area contributed by atoms with E-state index in [1.165, 1.54) is 23.3 Å². The van der Waals surface area contributed by atoms with Crippen LogP contribution in [0.1, 0.15) is 137 Å². The molecule has 2 aromatic heterocycles. The normalized spacial score (nSPS) is 20.6. The Morgan fingerprint density at radius 3 is 2.26 bits per heavy atom. The number of carboxylic acid groups (broad SMARTS) is 1. The standard InChI is InChI=1S/C53H65N8O16P3/c1-9-60-39-22-42-37(20-34(39)30(3)25-52(60,5)6)46(38-21-35-31(4)26-53(7,8)61(10-2)40(35)23-43(38)74-42)36-19-32(15-16-33(36)51(64)65)50(63)55-18-14-12-11-13-17-54-48-47-49(57-28-56-48)59(29-58-47)45-24-41(62)44(75-45)27-73-79(69,70)77-80(71,72)76-78(66,67)68/h15-16,19-23,25-26,28-29,41,44-45,62H,9-14,17-18,24,27H2,1-8H3,(H6-,54,55,56,57,63,64,65,66,67,68,69,70,71,72)/p+1/t41-,44+,45+/m0/s1. The van der Waals surface area contributed by atoms with E-state index in [9.17, 15) is 43.3 Å². The number of aliphatic hydroxyl groups excluding tert-OH is 1. The van der Waals surface area contributed by atoms with Gasteiger partial charge in [0.15, 0.2) is 22.5 Å². The molecule has 0 spiro atoms. The third kappa shape index (κ3) is 12.1. The second-order valence-electron chi connectivity index (χ2n) is 21.2. The van der Waals surface area contributed by atoms with E-state index in [-0.39, 0.29) is 29.0 Å². The summed E-state index contributed by atoms with van der Waals surface area (Å²) in [7, 11) is -16.8. The number of fused-ring (bicyclic) bond motifs is 5. The number of likely N-dealkylation sites (N-methyl/N-ethyl adjacent to an activating group) is 2. The number of hydrogen-bond acceptors (Lipinski definition) is 16. The number of ether oxygens (including phenoxy) is 2. The molecular weight excluding hydrogens is 1100 g/mol. The number of allylic oxidation sites excluding steroid dienone is 2. The number of anilines is 2. The zero-order chi connectivity index (χ0) is 57.9. The van der Waals surface area contributed by atoms with Gasteiger partial charge in [0.05, 0.1) is 36.2 Å². The Labute approximate surface area is 460 Å². The first-order valence-corrected chi connectivity index (χ1v) is 30.7. The van der Waals surface area contributed by atoms with E-state index in [4.69, 9.17) is 19.3 Å². The van der Waals surface area contributed by atoms with Gasteiger partial charge in [-0.3, -0.25) is 13.9 Å². The topological polar surface area (TPSA) is 327 Å². The number of aliphatic hydroxyl groups is 1. The molecule has 2 unspecified atom stereocenters. The first-order chi connectivity index (χ1) is 37.6. The van der Waals surface area contributed by atoms with Crippen LogP contribution in [0.2, 0.25) is 0 Å². The summed E-state index contributed by atoms with van der Waals surface area (Å²) < 4.78 is 63.5. The maximum atomic E-state index is 14.0. The van der Waals surface area contributed by atoms with E-state index in [1.807, 2.05) is 0 Å². The highest BCUT2D eigenvalue weighted by atomic mass is 31.3. The van der Waals surface area contributed by atoms with Gasteiger partial charge in [0.1, 0.15) is 36.7 Å². The summed E-state index contributed by atoms with van der Waals surface area (Å²) >= 11 is 0. The van der Waals surface area contributed by atoms with Crippen LogP contribution in [0, 0.1) is 0 Å². The van der Waals surface area contributed by atoms with Crippen LogP contribution < -0.4 is 35.4 Å². The van der Waals surface area contributed by atoms with Crippen LogP contribution in [0.4, 0.5) is 11.5 Å². The van der Waals surface area contributed by atoms with Crippen LogP contribution in [0.15, 0.2) is 67.3 Å². The second-order valence-corrected chi connectivity index (χ2v) is 25.6. The molecule has 0 saturated carbocycles. The predicted octanol–water partition coefficient (Wildman–Crippen LogP) is 7.00. The molecule has 0 bridgehead atoms. The Morgan fingerprint density at radius 1 is 0.838 bits per heavy atom. The van der Waals surface area contributed by atoms with Crippen molar-refractivity contribution >= 4 is 74.7 Å². The van der Waals surface area contributed by atoms with Crippen LogP contribution in [0.5, 0.6) is 11.5 Å². The van der Waals surface area contributed by atoms with E-state index >= 15 is 0 Å². The number of hydrogen-bond donors (Lipinski definition) is 8. The summed E-state index contributed by atoms with van der Waals surface area (Å²) in [6.07, 6.45) is 6.78. The minimum atomic E-state index is -5.73. The van der Waals surface area contributed by atoms with Crippen LogP contribution in [-0.2, 0) is 31.6 Å². The number of carbonyl (C=O) groups is 2. The van der Waals surface area contributed by atoms with Crippen molar-refractivity contribution in [2.75, 3.05) is 43.0 Å². The van der Waals surface area contributed by atoms with Crippen LogP contribution in [-0.4, -0.2) is 117 Å². The average molecular weight is 1160 g/mol. The SMILES string of the molecule is CCN1c2cc3c(cc2C(C)=CC1(C)C)C(c1cc(C(=O)NCCCCCCNc2ncnc4c2ncn4[C@H]2C[C@H](O)[C@@H](COP(=O)(O)OP(=O)(O)OP(=O)(O)O)O2)ccc1C(=O)O)=c1cc2c(cc1O3)=[N+](CC)C(C)(C)C=C2C. The fourth-order valence-electron chi connectivity index (χ4n) is 11.4. The number of aromatic carboxylic acids is 1. The number of nitrogens with one attached hydrogen (secondary N) is 2. The molecule has 4 aliphatic rings. The number of imidazole rings is 1. The van der Waals surface area contributed by atoms with Gasteiger partial charge in [-0.1, -0.05) is 18.9 Å². The molecule has 428 valence electrons. The fourth-order valence-corrected chi connectivity index (χ4v) is 14.4. The minimum absolute atomic E-state index is 0.0480. The van der Waals surface area contributed by atoms with Crippen molar-refractivity contribution < 1.29 is 75.7 Å². The van der Waals surface area contributed by atoms with E-state index in [0.717, 1.165) is 76.5 Å². The Morgan fingerprint density at radius 2 is 1.56 bits per heavy atom. The van der Waals surface area contributed by atoms with Gasteiger partial charge in [0, 0.05) is 84.7 Å². The number of carboxylic acids is 1. The van der Waals surface area contributed by atoms with Crippen LogP contribution in [0.3, 0.4) is 0 Å². The van der Waals surface area contributed by atoms with Gasteiger partial charge in [-0.05, 0) is 108 Å². The summed E-state index contributed by atoms with van der Waals surface area (Å²) in [6, 6.07) is 13.1. The highest BCUT2D eigenvalue weighted by Gasteiger charge is 2.44. The van der Waals surface area contributed by atoms with Crippen molar-refractivity contribution in [2.24, 2.45) is 0 Å². The maximum absolute atomic E-state index is 14.0. The zero-order valence-corrected chi connectivity index (χ0v) is 48.1. The average Bonchev–Trinajstić information content (AvgIpc) is 4.02. The summed E-state index contributed by atoms with van der Waals surface area (Å²) in [4.78, 5) is 79.4. The zero-order valence-electron chi connectivity index (χ0n) is 45.4. The third-order valence-electron chi connectivity index (χ3n) is 14.7.